The van der Waals surface area contributed by atoms with Gasteiger partial charge in [0.2, 0.25) is 0 Å². The van der Waals surface area contributed by atoms with Crippen molar-refractivity contribution >= 4 is 33.2 Å². The first kappa shape index (κ1) is 22.0. The molecule has 0 aliphatic carbocycles. The second kappa shape index (κ2) is 9.80. The van der Waals surface area contributed by atoms with E-state index in [2.05, 4.69) is 17.0 Å². The van der Waals surface area contributed by atoms with Crippen LogP contribution in [0.4, 0.5) is 5.69 Å². The van der Waals surface area contributed by atoms with Crippen molar-refractivity contribution in [3.05, 3.63) is 53.1 Å². The summed E-state index contributed by atoms with van der Waals surface area (Å²) in [6, 6.07) is 10.9. The molecule has 2 aromatic carbocycles. The maximum absolute atomic E-state index is 12.5. The fourth-order valence-electron chi connectivity index (χ4n) is 2.56. The normalized spacial score (nSPS) is 12.3. The van der Waals surface area contributed by atoms with Crippen LogP contribution in [0, 0.1) is 6.92 Å². The quantitative estimate of drug-likeness (QED) is 0.633. The van der Waals surface area contributed by atoms with Gasteiger partial charge in [0.25, 0.3) is 15.9 Å². The average Bonchev–Trinajstić information content (AvgIpc) is 2.63. The highest BCUT2D eigenvalue weighted by atomic mass is 35.5. The van der Waals surface area contributed by atoms with Crippen LogP contribution in [0.5, 0.6) is 5.75 Å². The molecule has 0 heterocycles. The van der Waals surface area contributed by atoms with Crippen LogP contribution in [0.1, 0.15) is 32.3 Å². The summed E-state index contributed by atoms with van der Waals surface area (Å²) in [6.07, 6.45) is 1.89. The number of rotatable bonds is 9. The summed E-state index contributed by atoms with van der Waals surface area (Å²) in [4.78, 5) is 11.9. The molecule has 8 heteroatoms. The Labute approximate surface area is 171 Å². The Morgan fingerprint density at radius 3 is 2.46 bits per heavy atom. The van der Waals surface area contributed by atoms with Crippen molar-refractivity contribution in [1.82, 2.24) is 5.32 Å². The lowest BCUT2D eigenvalue weighted by atomic mass is 10.2. The standard InChI is InChI=1S/C20H25ClN2O4S/c1-4-5-15(3)22-20(24)13-27-17-8-10-18(11-9-17)28(25,26)23-16-7-6-14(2)19(21)12-16/h6-12,15,23H,4-5,13H2,1-3H3,(H,22,24)/t15-/m0/s1. The zero-order valence-electron chi connectivity index (χ0n) is 16.2. The predicted octanol–water partition coefficient (Wildman–Crippen LogP) is 4.13. The molecule has 6 nitrogen and oxygen atoms in total. The number of amides is 1. The summed E-state index contributed by atoms with van der Waals surface area (Å²) in [6.45, 7) is 5.71. The maximum atomic E-state index is 12.5. The maximum Gasteiger partial charge on any atom is 0.261 e. The smallest absolute Gasteiger partial charge is 0.261 e. The summed E-state index contributed by atoms with van der Waals surface area (Å²) in [5.41, 5.74) is 1.24. The zero-order chi connectivity index (χ0) is 20.7. The van der Waals surface area contributed by atoms with E-state index in [0.29, 0.717) is 16.5 Å². The minimum absolute atomic E-state index is 0.0811. The monoisotopic (exact) mass is 424 g/mol. The molecule has 0 fully saturated rings. The molecule has 28 heavy (non-hydrogen) atoms. The highest BCUT2D eigenvalue weighted by molar-refractivity contribution is 7.92. The van der Waals surface area contributed by atoms with E-state index in [9.17, 15) is 13.2 Å². The van der Waals surface area contributed by atoms with Crippen LogP contribution in [0.15, 0.2) is 47.4 Å². The van der Waals surface area contributed by atoms with Crippen molar-refractivity contribution in [1.29, 1.82) is 0 Å². The molecular formula is C20H25ClN2O4S. The van der Waals surface area contributed by atoms with Crippen LogP contribution in [0.2, 0.25) is 5.02 Å². The molecule has 0 radical (unpaired) electrons. The van der Waals surface area contributed by atoms with Crippen LogP contribution in [-0.4, -0.2) is 27.0 Å². The van der Waals surface area contributed by atoms with Crippen molar-refractivity contribution in [3.63, 3.8) is 0 Å². The van der Waals surface area contributed by atoms with E-state index < -0.39 is 10.0 Å². The molecule has 1 atom stereocenters. The number of sulfonamides is 1. The van der Waals surface area contributed by atoms with Crippen molar-refractivity contribution < 1.29 is 17.9 Å². The van der Waals surface area contributed by atoms with E-state index in [1.807, 2.05) is 13.8 Å². The number of nitrogens with one attached hydrogen (secondary N) is 2. The largest absolute Gasteiger partial charge is 0.484 e. The van der Waals surface area contributed by atoms with Crippen molar-refractivity contribution in [2.45, 2.75) is 44.6 Å². The average molecular weight is 425 g/mol. The Hall–Kier alpha value is -2.25. The van der Waals surface area contributed by atoms with E-state index in [-0.39, 0.29) is 23.5 Å². The minimum Gasteiger partial charge on any atom is -0.484 e. The van der Waals surface area contributed by atoms with E-state index in [1.165, 1.54) is 24.3 Å². The van der Waals surface area contributed by atoms with Gasteiger partial charge in [-0.1, -0.05) is 31.0 Å². The van der Waals surface area contributed by atoms with Crippen LogP contribution >= 0.6 is 11.6 Å². The third-order valence-corrected chi connectivity index (χ3v) is 5.86. The lowest BCUT2D eigenvalue weighted by Gasteiger charge is -2.13. The lowest BCUT2D eigenvalue weighted by Crippen LogP contribution is -2.35. The third-order valence-electron chi connectivity index (χ3n) is 4.06. The van der Waals surface area contributed by atoms with Crippen LogP contribution in [0.25, 0.3) is 0 Å². The van der Waals surface area contributed by atoms with Gasteiger partial charge >= 0.3 is 0 Å². The number of benzene rings is 2. The molecule has 0 aromatic heterocycles. The molecule has 0 spiro atoms. The van der Waals surface area contributed by atoms with E-state index in [0.717, 1.165) is 18.4 Å². The highest BCUT2D eigenvalue weighted by Gasteiger charge is 2.15. The van der Waals surface area contributed by atoms with E-state index in [1.54, 1.807) is 18.2 Å². The molecule has 2 aromatic rings. The number of anilines is 1. The molecular weight excluding hydrogens is 400 g/mol. The van der Waals surface area contributed by atoms with Crippen molar-refractivity contribution in [3.8, 4) is 5.75 Å². The first-order chi connectivity index (χ1) is 13.2. The van der Waals surface area contributed by atoms with Gasteiger partial charge < -0.3 is 10.1 Å². The molecule has 0 saturated carbocycles. The van der Waals surface area contributed by atoms with Crippen LogP contribution < -0.4 is 14.8 Å². The predicted molar refractivity (Wildman–Crippen MR) is 111 cm³/mol. The second-order valence-electron chi connectivity index (χ2n) is 6.59. The Balaban J connectivity index is 1.97. The first-order valence-corrected chi connectivity index (χ1v) is 10.9. The van der Waals surface area contributed by atoms with Gasteiger partial charge in [0.05, 0.1) is 10.6 Å². The zero-order valence-corrected chi connectivity index (χ0v) is 17.7. The molecule has 0 saturated heterocycles. The van der Waals surface area contributed by atoms with Gasteiger partial charge in [-0.05, 0) is 62.2 Å². The third kappa shape index (κ3) is 6.42. The first-order valence-electron chi connectivity index (χ1n) is 9.02. The highest BCUT2D eigenvalue weighted by Crippen LogP contribution is 2.23. The molecule has 0 aliphatic rings. The van der Waals surface area contributed by atoms with Gasteiger partial charge in [-0.2, -0.15) is 0 Å². The second-order valence-corrected chi connectivity index (χ2v) is 8.68. The topological polar surface area (TPSA) is 84.5 Å². The number of hydrogen-bond acceptors (Lipinski definition) is 4. The van der Waals surface area contributed by atoms with Crippen LogP contribution in [0.3, 0.4) is 0 Å². The van der Waals surface area contributed by atoms with Gasteiger partial charge in [0.1, 0.15) is 5.75 Å². The van der Waals surface area contributed by atoms with Crippen LogP contribution in [-0.2, 0) is 14.8 Å². The van der Waals surface area contributed by atoms with Gasteiger partial charge in [-0.25, -0.2) is 8.42 Å². The summed E-state index contributed by atoms with van der Waals surface area (Å²) in [5, 5.41) is 3.32. The molecule has 0 bridgehead atoms. The SMILES string of the molecule is CCC[C@H](C)NC(=O)COc1ccc(S(=O)(=O)Nc2ccc(C)c(Cl)c2)cc1. The van der Waals surface area contributed by atoms with Gasteiger partial charge in [0.15, 0.2) is 6.61 Å². The van der Waals surface area contributed by atoms with Crippen molar-refractivity contribution in [2.24, 2.45) is 0 Å². The van der Waals surface area contributed by atoms with Crippen molar-refractivity contribution in [2.75, 3.05) is 11.3 Å². The molecule has 2 N–H and O–H groups in total. The Morgan fingerprint density at radius 2 is 1.86 bits per heavy atom. The van der Waals surface area contributed by atoms with E-state index >= 15 is 0 Å². The number of aryl methyl sites for hydroxylation is 1. The minimum atomic E-state index is -3.76. The van der Waals surface area contributed by atoms with Gasteiger partial charge in [-0.15, -0.1) is 0 Å². The molecule has 0 aliphatic heterocycles. The summed E-state index contributed by atoms with van der Waals surface area (Å²) >= 11 is 6.03. The van der Waals surface area contributed by atoms with E-state index in [4.69, 9.17) is 16.3 Å². The summed E-state index contributed by atoms with van der Waals surface area (Å²) < 4.78 is 32.9. The lowest BCUT2D eigenvalue weighted by molar-refractivity contribution is -0.123. The number of carbonyl (C=O) groups is 1. The summed E-state index contributed by atoms with van der Waals surface area (Å²) in [7, 11) is -3.76. The van der Waals surface area contributed by atoms with Gasteiger partial charge in [0, 0.05) is 11.1 Å². The Bertz CT molecular complexity index is 914. The molecule has 0 unspecified atom stereocenters. The molecule has 2 rings (SSSR count). The fraction of sp³-hybridized carbons (Fsp3) is 0.350. The van der Waals surface area contributed by atoms with Gasteiger partial charge in [-0.3, -0.25) is 9.52 Å². The fourth-order valence-corrected chi connectivity index (χ4v) is 3.79. The number of ether oxygens (including phenoxy) is 1. The summed E-state index contributed by atoms with van der Waals surface area (Å²) in [5.74, 6) is 0.200. The number of halogens is 1. The Kier molecular flexibility index (Phi) is 7.71. The molecule has 152 valence electrons. The Morgan fingerprint density at radius 1 is 1.18 bits per heavy atom. The molecule has 1 amide bonds. The number of carbonyl (C=O) groups excluding carboxylic acids is 1. The number of hydrogen-bond donors (Lipinski definition) is 2.